The van der Waals surface area contributed by atoms with Crippen molar-refractivity contribution in [3.8, 4) is 0 Å². The Morgan fingerprint density at radius 2 is 1.92 bits per heavy atom. The van der Waals surface area contributed by atoms with Gasteiger partial charge in [0.1, 0.15) is 0 Å². The summed E-state index contributed by atoms with van der Waals surface area (Å²) in [4.78, 5) is 8.50. The van der Waals surface area contributed by atoms with Crippen LogP contribution in [0.4, 0.5) is 5.69 Å². The van der Waals surface area contributed by atoms with E-state index in [2.05, 4.69) is 51.3 Å². The molecular weight excluding hydrogens is 382 g/mol. The van der Waals surface area contributed by atoms with Crippen LogP contribution in [0.5, 0.6) is 0 Å². The van der Waals surface area contributed by atoms with E-state index in [1.54, 1.807) is 0 Å². The number of thiophene rings is 1. The van der Waals surface area contributed by atoms with Gasteiger partial charge in [0.15, 0.2) is 0 Å². The summed E-state index contributed by atoms with van der Waals surface area (Å²) < 4.78 is 1.40. The summed E-state index contributed by atoms with van der Waals surface area (Å²) in [5.41, 5.74) is 1.41. The molecule has 2 aromatic rings. The van der Waals surface area contributed by atoms with Gasteiger partial charge in [-0.05, 0) is 56.8 Å². The summed E-state index contributed by atoms with van der Waals surface area (Å²) in [6, 6.07) is 8.95. The summed E-state index contributed by atoms with van der Waals surface area (Å²) in [6.45, 7) is 12.2. The molecule has 0 unspecified atom stereocenters. The quantitative estimate of drug-likeness (QED) is 0.473. The number of hydrogen-bond donors (Lipinski definition) is 0. The van der Waals surface area contributed by atoms with Gasteiger partial charge >= 0.3 is 0 Å². The maximum Gasteiger partial charge on any atom is 0.0747 e. The molecule has 144 valence electrons. The van der Waals surface area contributed by atoms with Crippen molar-refractivity contribution in [1.29, 1.82) is 0 Å². The molecule has 0 aliphatic carbocycles. The Morgan fingerprint density at radius 3 is 2.62 bits per heavy atom. The highest BCUT2D eigenvalue weighted by Crippen LogP contribution is 2.31. The second-order valence-electron chi connectivity index (χ2n) is 6.74. The van der Waals surface area contributed by atoms with E-state index in [9.17, 15) is 0 Å². The minimum atomic E-state index is 0. The lowest BCUT2D eigenvalue weighted by Crippen LogP contribution is -2.46. The maximum absolute atomic E-state index is 5.29. The minimum absolute atomic E-state index is 0. The highest BCUT2D eigenvalue weighted by atomic mass is 35.5. The predicted molar refractivity (Wildman–Crippen MR) is 122 cm³/mol. The minimum Gasteiger partial charge on any atom is -0.368 e. The molecule has 0 saturated carbocycles. The Hall–Kier alpha value is -0.880. The summed E-state index contributed by atoms with van der Waals surface area (Å²) >= 11 is 7.12. The average Bonchev–Trinajstić information content (AvgIpc) is 3.11. The van der Waals surface area contributed by atoms with Gasteiger partial charge in [-0.15, -0.1) is 23.7 Å². The molecule has 1 aliphatic heterocycles. The number of fused-ring (bicyclic) bond motifs is 1. The Bertz CT molecular complexity index is 695. The number of unbranched alkanes of at least 4 members (excludes halogenated alkanes) is 1. The number of benzene rings is 1. The topological polar surface area (TPSA) is 9.72 Å². The summed E-state index contributed by atoms with van der Waals surface area (Å²) in [7, 11) is 0. The van der Waals surface area contributed by atoms with Crippen LogP contribution in [-0.2, 0) is 0 Å². The molecule has 1 aromatic carbocycles. The van der Waals surface area contributed by atoms with Crippen LogP contribution >= 0.6 is 36.0 Å². The molecule has 0 N–H and O–H groups in total. The van der Waals surface area contributed by atoms with Gasteiger partial charge in [-0.3, -0.25) is 4.90 Å². The fraction of sp³-hybridized carbons (Fsp3) is 0.550. The lowest BCUT2D eigenvalue weighted by Gasteiger charge is -2.36. The van der Waals surface area contributed by atoms with Crippen LogP contribution in [0.1, 0.15) is 26.7 Å². The summed E-state index contributed by atoms with van der Waals surface area (Å²) in [6.07, 6.45) is 2.50. The van der Waals surface area contributed by atoms with Crippen molar-refractivity contribution < 1.29 is 0 Å². The first-order valence-corrected chi connectivity index (χ1v) is 10.7. The molecule has 6 heteroatoms. The number of nitrogens with zero attached hydrogens (tertiary/aromatic N) is 3. The number of rotatable bonds is 7. The maximum atomic E-state index is 5.29. The van der Waals surface area contributed by atoms with Crippen LogP contribution < -0.4 is 4.90 Å². The molecule has 3 rings (SSSR count). The van der Waals surface area contributed by atoms with Gasteiger partial charge < -0.3 is 9.80 Å². The predicted octanol–water partition coefficient (Wildman–Crippen LogP) is 4.89. The Balaban J connectivity index is 0.00000243. The molecule has 3 nitrogen and oxygen atoms in total. The highest BCUT2D eigenvalue weighted by molar-refractivity contribution is 7.80. The number of anilines is 1. The molecule has 0 amide bonds. The van der Waals surface area contributed by atoms with E-state index in [0.717, 1.165) is 31.2 Å². The zero-order valence-electron chi connectivity index (χ0n) is 15.8. The second-order valence-corrected chi connectivity index (χ2v) is 8.28. The highest BCUT2D eigenvalue weighted by Gasteiger charge is 2.18. The van der Waals surface area contributed by atoms with E-state index < -0.39 is 0 Å². The molecule has 1 saturated heterocycles. The van der Waals surface area contributed by atoms with Crippen molar-refractivity contribution in [3.05, 3.63) is 29.6 Å². The smallest absolute Gasteiger partial charge is 0.0747 e. The van der Waals surface area contributed by atoms with Crippen LogP contribution in [0.2, 0.25) is 0 Å². The van der Waals surface area contributed by atoms with Crippen LogP contribution in [0.25, 0.3) is 10.1 Å². The number of thiocarbonyl (C=S) groups is 1. The first-order valence-electron chi connectivity index (χ1n) is 9.38. The lowest BCUT2D eigenvalue weighted by atomic mass is 10.1. The Morgan fingerprint density at radius 1 is 1.15 bits per heavy atom. The lowest BCUT2D eigenvalue weighted by molar-refractivity contribution is 0.249. The van der Waals surface area contributed by atoms with Crippen LogP contribution in [0.15, 0.2) is 29.6 Å². The second kappa shape index (κ2) is 10.5. The van der Waals surface area contributed by atoms with Gasteiger partial charge in [-0.1, -0.05) is 18.3 Å². The molecule has 2 heterocycles. The van der Waals surface area contributed by atoms with Gasteiger partial charge in [0, 0.05) is 55.0 Å². The van der Waals surface area contributed by atoms with E-state index in [4.69, 9.17) is 12.2 Å². The first-order chi connectivity index (χ1) is 12.2. The van der Waals surface area contributed by atoms with E-state index in [-0.39, 0.29) is 12.4 Å². The molecule has 1 fully saturated rings. The fourth-order valence-corrected chi connectivity index (χ4v) is 4.67. The molecule has 0 spiro atoms. The van der Waals surface area contributed by atoms with E-state index in [0.29, 0.717) is 0 Å². The van der Waals surface area contributed by atoms with Crippen molar-refractivity contribution in [1.82, 2.24) is 9.80 Å². The van der Waals surface area contributed by atoms with Crippen molar-refractivity contribution in [2.75, 3.05) is 50.7 Å². The zero-order valence-corrected chi connectivity index (χ0v) is 18.3. The van der Waals surface area contributed by atoms with Gasteiger partial charge in [0.25, 0.3) is 0 Å². The summed E-state index contributed by atoms with van der Waals surface area (Å²) in [5, 5.41) is 3.61. The summed E-state index contributed by atoms with van der Waals surface area (Å²) in [5.74, 6) is 0. The molecule has 0 bridgehead atoms. The molecule has 26 heavy (non-hydrogen) atoms. The monoisotopic (exact) mass is 411 g/mol. The molecule has 1 aromatic heterocycles. The van der Waals surface area contributed by atoms with Gasteiger partial charge in [-0.2, -0.15) is 0 Å². The van der Waals surface area contributed by atoms with Crippen molar-refractivity contribution >= 4 is 56.7 Å². The van der Waals surface area contributed by atoms with Crippen molar-refractivity contribution in [2.45, 2.75) is 26.7 Å². The third-order valence-electron chi connectivity index (χ3n) is 5.17. The molecule has 0 atom stereocenters. The van der Waals surface area contributed by atoms with E-state index >= 15 is 0 Å². The number of hydrogen-bond acceptors (Lipinski definition) is 4. The molecular formula is C20H30ClN3S2. The molecule has 0 radical (unpaired) electrons. The van der Waals surface area contributed by atoms with Gasteiger partial charge in [-0.25, -0.2) is 0 Å². The zero-order chi connectivity index (χ0) is 17.6. The van der Waals surface area contributed by atoms with Crippen LogP contribution in [-0.4, -0.2) is 60.6 Å². The largest absolute Gasteiger partial charge is 0.368 e. The molecule has 1 aliphatic rings. The average molecular weight is 412 g/mol. The van der Waals surface area contributed by atoms with Gasteiger partial charge in [0.2, 0.25) is 0 Å². The Labute approximate surface area is 173 Å². The normalized spacial score (nSPS) is 15.1. The van der Waals surface area contributed by atoms with Crippen molar-refractivity contribution in [2.24, 2.45) is 0 Å². The van der Waals surface area contributed by atoms with Gasteiger partial charge in [0.05, 0.1) is 4.99 Å². The van der Waals surface area contributed by atoms with E-state index in [1.165, 1.54) is 48.2 Å². The van der Waals surface area contributed by atoms with Crippen LogP contribution in [0.3, 0.4) is 0 Å². The third kappa shape index (κ3) is 5.32. The van der Waals surface area contributed by atoms with E-state index in [1.807, 2.05) is 18.3 Å². The first kappa shape index (κ1) is 21.4. The number of piperazine rings is 1. The fourth-order valence-electron chi connectivity index (χ4n) is 3.64. The standard InChI is InChI=1S/C20H29N3S2.ClH/c1-3-22(17(2)24)11-5-4-10-21-12-14-23(15-13-21)19-7-6-8-20-18(19)9-16-25-20;/h6-9,16H,3-5,10-15H2,1-2H3;1H. The SMILES string of the molecule is CCN(CCCCN1CCN(c2cccc3sccc23)CC1)C(C)=S.Cl. The van der Waals surface area contributed by atoms with Crippen LogP contribution in [0, 0.1) is 0 Å². The Kier molecular flexibility index (Phi) is 8.61. The third-order valence-corrected chi connectivity index (χ3v) is 6.31. The number of halogens is 1. The van der Waals surface area contributed by atoms with Crippen molar-refractivity contribution in [3.63, 3.8) is 0 Å².